The van der Waals surface area contributed by atoms with E-state index >= 15 is 0 Å². The molecule has 0 bridgehead atoms. The lowest BCUT2D eigenvalue weighted by Crippen LogP contribution is -2.30. The summed E-state index contributed by atoms with van der Waals surface area (Å²) in [4.78, 5) is 6.59. The molecule has 1 aliphatic rings. The number of hydrogen-bond acceptors (Lipinski definition) is 5. The van der Waals surface area contributed by atoms with Gasteiger partial charge in [-0.1, -0.05) is 6.07 Å². The van der Waals surface area contributed by atoms with Gasteiger partial charge in [-0.3, -0.25) is 9.71 Å². The number of ether oxygens (including phenoxy) is 1. The van der Waals surface area contributed by atoms with Gasteiger partial charge in [0.15, 0.2) is 5.11 Å². The average Bonchev–Trinajstić information content (AvgIpc) is 3.27. The van der Waals surface area contributed by atoms with E-state index in [4.69, 9.17) is 17.0 Å². The number of aryl methyl sites for hydroxylation is 1. The summed E-state index contributed by atoms with van der Waals surface area (Å²) >= 11 is 5.75. The number of anilines is 2. The average molecular weight is 472 g/mol. The van der Waals surface area contributed by atoms with E-state index < -0.39 is 10.0 Å². The molecular weight excluding hydrogens is 446 g/mol. The van der Waals surface area contributed by atoms with Crippen LogP contribution >= 0.6 is 12.2 Å². The van der Waals surface area contributed by atoms with Gasteiger partial charge in [-0.25, -0.2) is 8.42 Å². The topological polar surface area (TPSA) is 88.5 Å². The maximum Gasteiger partial charge on any atom is 0.229 e. The Bertz CT molecular complexity index is 1260. The zero-order valence-corrected chi connectivity index (χ0v) is 19.9. The van der Waals surface area contributed by atoms with Crippen molar-refractivity contribution in [2.24, 2.45) is 7.05 Å². The molecule has 0 radical (unpaired) electrons. The highest BCUT2D eigenvalue weighted by Crippen LogP contribution is 2.43. The highest BCUT2D eigenvalue weighted by Gasteiger charge is 2.42. The van der Waals surface area contributed by atoms with Crippen molar-refractivity contribution in [2.75, 3.05) is 23.0 Å². The SMILES string of the molecule is COc1cc(N2C(=S)N[C@H](c3ccccn3)[C@@H]2c2ccc(C)n2C)ccc1NS(C)(=O)=O. The van der Waals surface area contributed by atoms with Gasteiger partial charge in [0, 0.05) is 36.4 Å². The van der Waals surface area contributed by atoms with E-state index in [0.29, 0.717) is 16.5 Å². The van der Waals surface area contributed by atoms with Crippen molar-refractivity contribution in [3.63, 3.8) is 0 Å². The third-order valence-corrected chi connectivity index (χ3v) is 6.48. The first kappa shape index (κ1) is 22.1. The van der Waals surface area contributed by atoms with Crippen molar-refractivity contribution in [3.05, 3.63) is 71.8 Å². The number of benzene rings is 1. The summed E-state index contributed by atoms with van der Waals surface area (Å²) < 4.78 is 33.5. The fraction of sp³-hybridized carbons (Fsp3) is 0.273. The molecule has 1 aliphatic heterocycles. The molecule has 1 saturated heterocycles. The first-order valence-electron chi connectivity index (χ1n) is 9.98. The van der Waals surface area contributed by atoms with Crippen molar-refractivity contribution in [1.82, 2.24) is 14.9 Å². The maximum absolute atomic E-state index is 11.7. The molecule has 3 heterocycles. The zero-order chi connectivity index (χ0) is 23.0. The molecule has 2 aromatic heterocycles. The van der Waals surface area contributed by atoms with Gasteiger partial charge in [0.25, 0.3) is 0 Å². The molecule has 3 aromatic rings. The number of thiocarbonyl (C=S) groups is 1. The van der Waals surface area contributed by atoms with Crippen LogP contribution in [0.1, 0.15) is 29.2 Å². The Morgan fingerprint density at radius 1 is 1.19 bits per heavy atom. The van der Waals surface area contributed by atoms with Gasteiger partial charge >= 0.3 is 0 Å². The molecule has 10 heteroatoms. The second kappa shape index (κ2) is 8.44. The second-order valence-corrected chi connectivity index (χ2v) is 9.85. The smallest absolute Gasteiger partial charge is 0.229 e. The van der Waals surface area contributed by atoms with Crippen molar-refractivity contribution in [1.29, 1.82) is 0 Å². The first-order chi connectivity index (χ1) is 15.2. The van der Waals surface area contributed by atoms with Gasteiger partial charge < -0.3 is 19.5 Å². The van der Waals surface area contributed by atoms with E-state index in [1.165, 1.54) is 7.11 Å². The summed E-state index contributed by atoms with van der Waals surface area (Å²) in [5, 5.41) is 3.97. The van der Waals surface area contributed by atoms with Crippen LogP contribution < -0.4 is 19.7 Å². The Kier molecular flexibility index (Phi) is 5.83. The minimum Gasteiger partial charge on any atom is -0.494 e. The molecule has 32 heavy (non-hydrogen) atoms. The number of sulfonamides is 1. The van der Waals surface area contributed by atoms with Crippen molar-refractivity contribution < 1.29 is 13.2 Å². The molecule has 0 amide bonds. The summed E-state index contributed by atoms with van der Waals surface area (Å²) in [7, 11) is 0.0819. The molecule has 0 saturated carbocycles. The molecular formula is C22H25N5O3S2. The number of nitrogens with one attached hydrogen (secondary N) is 2. The summed E-state index contributed by atoms with van der Waals surface area (Å²) in [6, 6.07) is 14.9. The molecule has 168 valence electrons. The van der Waals surface area contributed by atoms with E-state index in [1.54, 1.807) is 18.3 Å². The summed E-state index contributed by atoms with van der Waals surface area (Å²) in [5.41, 5.74) is 4.22. The van der Waals surface area contributed by atoms with Crippen LogP contribution in [0.5, 0.6) is 5.75 Å². The number of nitrogens with zero attached hydrogens (tertiary/aromatic N) is 3. The highest BCUT2D eigenvalue weighted by molar-refractivity contribution is 7.92. The molecule has 2 atom stereocenters. The predicted octanol–water partition coefficient (Wildman–Crippen LogP) is 3.29. The van der Waals surface area contributed by atoms with E-state index in [0.717, 1.165) is 29.0 Å². The van der Waals surface area contributed by atoms with Crippen molar-refractivity contribution in [3.8, 4) is 5.75 Å². The highest BCUT2D eigenvalue weighted by atomic mass is 32.2. The fourth-order valence-corrected chi connectivity index (χ4v) is 4.89. The molecule has 1 aromatic carbocycles. The Morgan fingerprint density at radius 2 is 1.97 bits per heavy atom. The van der Waals surface area contributed by atoms with E-state index in [2.05, 4.69) is 38.6 Å². The van der Waals surface area contributed by atoms with E-state index in [1.807, 2.05) is 36.2 Å². The number of rotatable bonds is 6. The van der Waals surface area contributed by atoms with E-state index in [-0.39, 0.29) is 12.1 Å². The van der Waals surface area contributed by atoms with Gasteiger partial charge in [-0.2, -0.15) is 0 Å². The molecule has 0 aliphatic carbocycles. The Balaban J connectivity index is 1.83. The monoisotopic (exact) mass is 471 g/mol. The van der Waals surface area contributed by atoms with Gasteiger partial charge in [0.05, 0.1) is 30.8 Å². The minimum absolute atomic E-state index is 0.170. The normalized spacial score (nSPS) is 18.5. The Labute approximate surface area is 193 Å². The third-order valence-electron chi connectivity index (χ3n) is 5.57. The quantitative estimate of drug-likeness (QED) is 0.534. The lowest BCUT2D eigenvalue weighted by atomic mass is 10.0. The van der Waals surface area contributed by atoms with Crippen molar-refractivity contribution in [2.45, 2.75) is 19.0 Å². The number of methoxy groups -OCH3 is 1. The maximum atomic E-state index is 11.7. The van der Waals surface area contributed by atoms with E-state index in [9.17, 15) is 8.42 Å². The summed E-state index contributed by atoms with van der Waals surface area (Å²) in [5.74, 6) is 0.402. The summed E-state index contributed by atoms with van der Waals surface area (Å²) in [6.45, 7) is 2.05. The van der Waals surface area contributed by atoms with Crippen LogP contribution in [0.4, 0.5) is 11.4 Å². The largest absolute Gasteiger partial charge is 0.494 e. The van der Waals surface area contributed by atoms with Gasteiger partial charge in [-0.15, -0.1) is 0 Å². The molecule has 8 nitrogen and oxygen atoms in total. The zero-order valence-electron chi connectivity index (χ0n) is 18.2. The van der Waals surface area contributed by atoms with Gasteiger partial charge in [0.2, 0.25) is 10.0 Å². The molecule has 4 rings (SSSR count). The number of pyridine rings is 1. The Hall–Kier alpha value is -3.11. The second-order valence-electron chi connectivity index (χ2n) is 7.71. The van der Waals surface area contributed by atoms with Crippen molar-refractivity contribution >= 4 is 38.7 Å². The number of aromatic nitrogens is 2. The minimum atomic E-state index is -3.45. The van der Waals surface area contributed by atoms with Gasteiger partial charge in [-0.05, 0) is 55.5 Å². The third kappa shape index (κ3) is 4.15. The number of hydrogen-bond donors (Lipinski definition) is 2. The van der Waals surface area contributed by atoms with Gasteiger partial charge in [0.1, 0.15) is 11.8 Å². The van der Waals surface area contributed by atoms with Crippen LogP contribution in [0.25, 0.3) is 0 Å². The van der Waals surface area contributed by atoms with Crippen LogP contribution in [0.3, 0.4) is 0 Å². The van der Waals surface area contributed by atoms with Crippen LogP contribution in [0, 0.1) is 6.92 Å². The lowest BCUT2D eigenvalue weighted by Gasteiger charge is -2.29. The summed E-state index contributed by atoms with van der Waals surface area (Å²) in [6.07, 6.45) is 2.87. The van der Waals surface area contributed by atoms with Crippen LogP contribution in [-0.2, 0) is 17.1 Å². The molecule has 0 spiro atoms. The molecule has 0 unspecified atom stereocenters. The van der Waals surface area contributed by atoms with Crippen LogP contribution in [0.15, 0.2) is 54.7 Å². The Morgan fingerprint density at radius 3 is 2.56 bits per heavy atom. The fourth-order valence-electron chi connectivity index (χ4n) is 3.98. The molecule has 1 fully saturated rings. The predicted molar refractivity (Wildman–Crippen MR) is 130 cm³/mol. The molecule has 2 N–H and O–H groups in total. The standard InChI is InChI=1S/C22H25N5O3S2/c1-14-8-11-18(26(14)2)21-20(17-7-5-6-12-23-17)24-22(31)27(21)15-9-10-16(19(13-15)30-3)25-32(4,28)29/h5-13,20-21,25H,1-4H3,(H,24,31)/t20-,21+/m1/s1. The lowest BCUT2D eigenvalue weighted by molar-refractivity contribution is 0.417. The first-order valence-corrected chi connectivity index (χ1v) is 12.3. The van der Waals surface area contributed by atoms with Crippen LogP contribution in [-0.4, -0.2) is 36.4 Å². The van der Waals surface area contributed by atoms with Crippen LogP contribution in [0.2, 0.25) is 0 Å².